The fraction of sp³-hybridized carbons (Fsp3) is 0.0833. The van der Waals surface area contributed by atoms with Gasteiger partial charge >= 0.3 is 5.97 Å². The van der Waals surface area contributed by atoms with Crippen molar-refractivity contribution in [1.82, 2.24) is 9.97 Å². The average Bonchev–Trinajstić information content (AvgIpc) is 2.38. The van der Waals surface area contributed by atoms with Gasteiger partial charge in [0.2, 0.25) is 0 Å². The molecule has 0 aromatic carbocycles. The van der Waals surface area contributed by atoms with Crippen LogP contribution < -0.4 is 4.90 Å². The van der Waals surface area contributed by atoms with Crippen molar-refractivity contribution in [3.63, 3.8) is 0 Å². The van der Waals surface area contributed by atoms with Crippen molar-refractivity contribution >= 4 is 29.1 Å². The molecule has 0 atom stereocenters. The predicted octanol–water partition coefficient (Wildman–Crippen LogP) is 2.60. The minimum Gasteiger partial charge on any atom is -0.478 e. The lowest BCUT2D eigenvalue weighted by Gasteiger charge is -2.19. The Bertz CT molecular complexity index is 575. The molecule has 0 unspecified atom stereocenters. The molecular weight excluding hydrogens is 254 g/mol. The highest BCUT2D eigenvalue weighted by molar-refractivity contribution is 6.29. The minimum absolute atomic E-state index is 0.0887. The zero-order valence-corrected chi connectivity index (χ0v) is 10.3. The summed E-state index contributed by atoms with van der Waals surface area (Å²) in [7, 11) is 1.71. The van der Waals surface area contributed by atoms with E-state index < -0.39 is 5.97 Å². The first-order valence-corrected chi connectivity index (χ1v) is 5.51. The zero-order valence-electron chi connectivity index (χ0n) is 9.54. The lowest BCUT2D eigenvalue weighted by Crippen LogP contribution is -2.16. The van der Waals surface area contributed by atoms with E-state index in [2.05, 4.69) is 9.97 Å². The number of halogens is 1. The molecule has 1 N–H and O–H groups in total. The van der Waals surface area contributed by atoms with Gasteiger partial charge in [0.25, 0.3) is 0 Å². The Morgan fingerprint density at radius 2 is 2.17 bits per heavy atom. The van der Waals surface area contributed by atoms with Gasteiger partial charge in [0.1, 0.15) is 16.5 Å². The molecule has 0 aliphatic carbocycles. The second-order valence-electron chi connectivity index (χ2n) is 3.58. The molecule has 5 nitrogen and oxygen atoms in total. The molecule has 6 heteroatoms. The molecule has 0 saturated carbocycles. The van der Waals surface area contributed by atoms with Crippen LogP contribution in [0.25, 0.3) is 0 Å². The van der Waals surface area contributed by atoms with E-state index in [1.54, 1.807) is 36.5 Å². The number of hydrogen-bond donors (Lipinski definition) is 1. The highest BCUT2D eigenvalue weighted by Gasteiger charge is 2.16. The van der Waals surface area contributed by atoms with Crippen molar-refractivity contribution in [1.29, 1.82) is 0 Å². The Morgan fingerprint density at radius 3 is 2.78 bits per heavy atom. The third kappa shape index (κ3) is 2.41. The molecule has 0 bridgehead atoms. The van der Waals surface area contributed by atoms with Crippen LogP contribution in [-0.2, 0) is 0 Å². The number of carboxylic acid groups (broad SMARTS) is 1. The van der Waals surface area contributed by atoms with E-state index in [9.17, 15) is 4.79 Å². The second kappa shape index (κ2) is 5.01. The maximum absolute atomic E-state index is 11.1. The third-order valence-corrected chi connectivity index (χ3v) is 2.63. The number of aromatic carboxylic acids is 1. The summed E-state index contributed by atoms with van der Waals surface area (Å²) < 4.78 is 0. The SMILES string of the molecule is CN(c1cccnc1)c1nc(Cl)ccc1C(=O)O. The van der Waals surface area contributed by atoms with Gasteiger partial charge in [-0.05, 0) is 24.3 Å². The molecule has 0 fully saturated rings. The van der Waals surface area contributed by atoms with E-state index in [4.69, 9.17) is 16.7 Å². The normalized spacial score (nSPS) is 10.1. The molecule has 2 aromatic rings. The topological polar surface area (TPSA) is 66.3 Å². The van der Waals surface area contributed by atoms with Crippen LogP contribution in [0.1, 0.15) is 10.4 Å². The fourth-order valence-corrected chi connectivity index (χ4v) is 1.67. The van der Waals surface area contributed by atoms with Crippen LogP contribution >= 0.6 is 11.6 Å². The quantitative estimate of drug-likeness (QED) is 0.862. The highest BCUT2D eigenvalue weighted by atomic mass is 35.5. The van der Waals surface area contributed by atoms with E-state index in [0.717, 1.165) is 5.69 Å². The van der Waals surface area contributed by atoms with E-state index >= 15 is 0 Å². The number of carbonyl (C=O) groups is 1. The zero-order chi connectivity index (χ0) is 13.1. The van der Waals surface area contributed by atoms with Gasteiger partial charge in [0, 0.05) is 13.2 Å². The number of carboxylic acids is 1. The summed E-state index contributed by atoms with van der Waals surface area (Å²) >= 11 is 5.81. The summed E-state index contributed by atoms with van der Waals surface area (Å²) in [6.07, 6.45) is 3.26. The Labute approximate surface area is 109 Å². The molecule has 0 aliphatic heterocycles. The van der Waals surface area contributed by atoms with E-state index in [0.29, 0.717) is 0 Å². The van der Waals surface area contributed by atoms with Crippen LogP contribution in [0.3, 0.4) is 0 Å². The van der Waals surface area contributed by atoms with Crippen LogP contribution in [0.15, 0.2) is 36.7 Å². The summed E-state index contributed by atoms with van der Waals surface area (Å²) in [5, 5.41) is 9.37. The van der Waals surface area contributed by atoms with Crippen LogP contribution in [0.2, 0.25) is 5.15 Å². The summed E-state index contributed by atoms with van der Waals surface area (Å²) in [6.45, 7) is 0. The average molecular weight is 264 g/mol. The largest absolute Gasteiger partial charge is 0.478 e. The second-order valence-corrected chi connectivity index (χ2v) is 3.97. The monoisotopic (exact) mass is 263 g/mol. The molecule has 0 amide bonds. The standard InChI is InChI=1S/C12H10ClN3O2/c1-16(8-3-2-6-14-7-8)11-9(12(17)18)4-5-10(13)15-11/h2-7H,1H3,(H,17,18). The number of rotatable bonds is 3. The van der Waals surface area contributed by atoms with Gasteiger partial charge in [0.15, 0.2) is 0 Å². The van der Waals surface area contributed by atoms with Crippen molar-refractivity contribution in [2.75, 3.05) is 11.9 Å². The van der Waals surface area contributed by atoms with Crippen LogP contribution in [0.5, 0.6) is 0 Å². The first-order valence-electron chi connectivity index (χ1n) is 5.13. The highest BCUT2D eigenvalue weighted by Crippen LogP contribution is 2.26. The van der Waals surface area contributed by atoms with Gasteiger partial charge < -0.3 is 10.0 Å². The molecule has 0 radical (unpaired) electrons. The van der Waals surface area contributed by atoms with Crippen LogP contribution in [0, 0.1) is 0 Å². The maximum Gasteiger partial charge on any atom is 0.339 e. The van der Waals surface area contributed by atoms with Crippen molar-refractivity contribution in [3.05, 3.63) is 47.4 Å². The lowest BCUT2D eigenvalue weighted by molar-refractivity contribution is 0.0697. The third-order valence-electron chi connectivity index (χ3n) is 2.42. The number of anilines is 2. The van der Waals surface area contributed by atoms with Crippen LogP contribution in [-0.4, -0.2) is 28.1 Å². The molecule has 2 aromatic heterocycles. The number of pyridine rings is 2. The van der Waals surface area contributed by atoms with Crippen molar-refractivity contribution in [3.8, 4) is 0 Å². The number of hydrogen-bond acceptors (Lipinski definition) is 4. The maximum atomic E-state index is 11.1. The smallest absolute Gasteiger partial charge is 0.339 e. The minimum atomic E-state index is -1.05. The summed E-state index contributed by atoms with van der Waals surface area (Å²) in [6, 6.07) is 6.45. The molecule has 92 valence electrons. The van der Waals surface area contributed by atoms with Gasteiger partial charge in [-0.2, -0.15) is 0 Å². The number of nitrogens with zero attached hydrogens (tertiary/aromatic N) is 3. The first kappa shape index (κ1) is 12.3. The molecule has 2 heterocycles. The molecular formula is C12H10ClN3O2. The Hall–Kier alpha value is -2.14. The molecule has 0 saturated heterocycles. The Balaban J connectivity index is 2.50. The van der Waals surface area contributed by atoms with Crippen molar-refractivity contribution in [2.24, 2.45) is 0 Å². The molecule has 0 aliphatic rings. The van der Waals surface area contributed by atoms with Crippen molar-refractivity contribution < 1.29 is 9.90 Å². The predicted molar refractivity (Wildman–Crippen MR) is 68.5 cm³/mol. The van der Waals surface area contributed by atoms with Gasteiger partial charge in [-0.15, -0.1) is 0 Å². The molecule has 2 rings (SSSR count). The first-order chi connectivity index (χ1) is 8.59. The fourth-order valence-electron chi connectivity index (χ4n) is 1.52. The number of aromatic nitrogens is 2. The van der Waals surface area contributed by atoms with Gasteiger partial charge in [-0.1, -0.05) is 11.6 Å². The van der Waals surface area contributed by atoms with E-state index in [1.165, 1.54) is 12.1 Å². The van der Waals surface area contributed by atoms with Crippen LogP contribution in [0.4, 0.5) is 11.5 Å². The van der Waals surface area contributed by atoms with Gasteiger partial charge in [-0.25, -0.2) is 9.78 Å². The van der Waals surface area contributed by atoms with E-state index in [-0.39, 0.29) is 16.5 Å². The molecule has 18 heavy (non-hydrogen) atoms. The Morgan fingerprint density at radius 1 is 1.39 bits per heavy atom. The van der Waals surface area contributed by atoms with E-state index in [1.807, 2.05) is 0 Å². The summed E-state index contributed by atoms with van der Waals surface area (Å²) in [5.74, 6) is -0.770. The van der Waals surface area contributed by atoms with Crippen molar-refractivity contribution in [2.45, 2.75) is 0 Å². The van der Waals surface area contributed by atoms with Gasteiger partial charge in [-0.3, -0.25) is 4.98 Å². The summed E-state index contributed by atoms with van der Waals surface area (Å²) in [5.41, 5.74) is 0.820. The van der Waals surface area contributed by atoms with Gasteiger partial charge in [0.05, 0.1) is 11.9 Å². The summed E-state index contributed by atoms with van der Waals surface area (Å²) in [4.78, 5) is 20.8. The lowest BCUT2D eigenvalue weighted by atomic mass is 10.2. The molecule has 0 spiro atoms. The Kier molecular flexibility index (Phi) is 3.43.